The Morgan fingerprint density at radius 3 is 2.46 bits per heavy atom. The minimum atomic E-state index is 0.151. The van der Waals surface area contributed by atoms with Crippen molar-refractivity contribution < 1.29 is 4.79 Å². The third kappa shape index (κ3) is 2.58. The van der Waals surface area contributed by atoms with E-state index < -0.39 is 0 Å². The number of benzene rings is 1. The molecule has 0 bridgehead atoms. The van der Waals surface area contributed by atoms with Crippen molar-refractivity contribution in [2.75, 3.05) is 0 Å². The molecule has 0 heterocycles. The first-order chi connectivity index (χ1) is 6.27. The van der Waals surface area contributed by atoms with Gasteiger partial charge in [-0.15, -0.1) is 0 Å². The van der Waals surface area contributed by atoms with Crippen molar-refractivity contribution >= 4 is 6.41 Å². The zero-order chi connectivity index (χ0) is 9.68. The maximum atomic E-state index is 10.3. The Balaban J connectivity index is 2.78. The summed E-state index contributed by atoms with van der Waals surface area (Å²) in [6, 6.07) is 8.38. The quantitative estimate of drug-likeness (QED) is 0.702. The van der Waals surface area contributed by atoms with Gasteiger partial charge in [0.05, 0.1) is 6.04 Å². The zero-order valence-electron chi connectivity index (χ0n) is 8.08. The Morgan fingerprint density at radius 1 is 1.38 bits per heavy atom. The van der Waals surface area contributed by atoms with Gasteiger partial charge in [-0.3, -0.25) is 4.79 Å². The second-order valence-corrected chi connectivity index (χ2v) is 3.16. The fraction of sp³-hybridized carbons (Fsp3) is 0.364. The smallest absolute Gasteiger partial charge is 0.207 e. The summed E-state index contributed by atoms with van der Waals surface area (Å²) in [5, 5.41) is 2.79. The molecule has 0 fully saturated rings. The van der Waals surface area contributed by atoms with Crippen LogP contribution in [0, 0.1) is 6.92 Å². The molecule has 0 unspecified atom stereocenters. The van der Waals surface area contributed by atoms with Gasteiger partial charge in [-0.25, -0.2) is 0 Å². The summed E-state index contributed by atoms with van der Waals surface area (Å²) in [5.74, 6) is 0. The minimum absolute atomic E-state index is 0.151. The molecule has 0 aliphatic heterocycles. The molecule has 1 aromatic carbocycles. The van der Waals surface area contributed by atoms with Crippen LogP contribution in [-0.2, 0) is 4.79 Å². The molecule has 70 valence electrons. The monoisotopic (exact) mass is 177 g/mol. The summed E-state index contributed by atoms with van der Waals surface area (Å²) in [6.45, 7) is 4.11. The van der Waals surface area contributed by atoms with Crippen LogP contribution in [0.2, 0.25) is 0 Å². The SMILES string of the molecule is CC[C@H](NC=O)c1ccc(C)cc1. The van der Waals surface area contributed by atoms with E-state index in [0.29, 0.717) is 0 Å². The molecule has 0 aliphatic carbocycles. The van der Waals surface area contributed by atoms with Gasteiger partial charge < -0.3 is 5.32 Å². The Bertz CT molecular complexity index is 266. The van der Waals surface area contributed by atoms with Gasteiger partial charge in [0.1, 0.15) is 0 Å². The summed E-state index contributed by atoms with van der Waals surface area (Å²) >= 11 is 0. The van der Waals surface area contributed by atoms with Crippen LogP contribution < -0.4 is 5.32 Å². The van der Waals surface area contributed by atoms with Gasteiger partial charge in [-0.2, -0.15) is 0 Å². The summed E-state index contributed by atoms with van der Waals surface area (Å²) < 4.78 is 0. The van der Waals surface area contributed by atoms with Crippen molar-refractivity contribution in [2.24, 2.45) is 0 Å². The van der Waals surface area contributed by atoms with E-state index in [2.05, 4.69) is 43.4 Å². The molecule has 0 saturated heterocycles. The molecule has 1 aromatic rings. The van der Waals surface area contributed by atoms with Gasteiger partial charge in [0.25, 0.3) is 0 Å². The van der Waals surface area contributed by atoms with Gasteiger partial charge >= 0.3 is 0 Å². The van der Waals surface area contributed by atoms with E-state index in [9.17, 15) is 4.79 Å². The number of aryl methyl sites for hydroxylation is 1. The van der Waals surface area contributed by atoms with E-state index >= 15 is 0 Å². The first-order valence-corrected chi connectivity index (χ1v) is 4.54. The molecule has 0 aromatic heterocycles. The lowest BCUT2D eigenvalue weighted by molar-refractivity contribution is -0.110. The molecule has 13 heavy (non-hydrogen) atoms. The van der Waals surface area contributed by atoms with Crippen molar-refractivity contribution in [3.8, 4) is 0 Å². The molecule has 1 rings (SSSR count). The largest absolute Gasteiger partial charge is 0.352 e. The Kier molecular flexibility index (Phi) is 3.50. The number of amides is 1. The Labute approximate surface area is 79.0 Å². The average Bonchev–Trinajstić information content (AvgIpc) is 2.16. The van der Waals surface area contributed by atoms with Crippen molar-refractivity contribution in [1.82, 2.24) is 5.32 Å². The number of nitrogens with one attached hydrogen (secondary N) is 1. The third-order valence-electron chi connectivity index (χ3n) is 2.16. The van der Waals surface area contributed by atoms with E-state index in [-0.39, 0.29) is 6.04 Å². The van der Waals surface area contributed by atoms with Gasteiger partial charge in [0, 0.05) is 0 Å². The molecule has 2 heteroatoms. The molecular weight excluding hydrogens is 162 g/mol. The maximum absolute atomic E-state index is 10.3. The first kappa shape index (κ1) is 9.78. The standard InChI is InChI=1S/C11H15NO/c1-3-11(12-8-13)10-6-4-9(2)5-7-10/h4-8,11H,3H2,1-2H3,(H,12,13)/t11-/m0/s1. The fourth-order valence-electron chi connectivity index (χ4n) is 1.33. The normalized spacial score (nSPS) is 12.2. The molecule has 0 aliphatic rings. The van der Waals surface area contributed by atoms with Gasteiger partial charge in [0.2, 0.25) is 6.41 Å². The van der Waals surface area contributed by atoms with E-state index in [1.54, 1.807) is 0 Å². The van der Waals surface area contributed by atoms with Crippen LogP contribution in [0.15, 0.2) is 24.3 Å². The van der Waals surface area contributed by atoms with Crippen LogP contribution in [0.1, 0.15) is 30.5 Å². The fourth-order valence-corrected chi connectivity index (χ4v) is 1.33. The second kappa shape index (κ2) is 4.65. The Hall–Kier alpha value is -1.31. The predicted molar refractivity (Wildman–Crippen MR) is 53.4 cm³/mol. The van der Waals surface area contributed by atoms with Crippen LogP contribution in [0.4, 0.5) is 0 Å². The van der Waals surface area contributed by atoms with Crippen molar-refractivity contribution in [1.29, 1.82) is 0 Å². The number of rotatable bonds is 4. The summed E-state index contributed by atoms with van der Waals surface area (Å²) in [5.41, 5.74) is 2.41. The zero-order valence-corrected chi connectivity index (χ0v) is 8.08. The van der Waals surface area contributed by atoms with Crippen LogP contribution in [0.3, 0.4) is 0 Å². The number of hydrogen-bond donors (Lipinski definition) is 1. The molecule has 0 spiro atoms. The van der Waals surface area contributed by atoms with E-state index in [1.807, 2.05) is 0 Å². The summed E-state index contributed by atoms with van der Waals surface area (Å²) in [7, 11) is 0. The second-order valence-electron chi connectivity index (χ2n) is 3.16. The summed E-state index contributed by atoms with van der Waals surface area (Å²) in [6.07, 6.45) is 1.68. The molecule has 0 radical (unpaired) electrons. The maximum Gasteiger partial charge on any atom is 0.207 e. The van der Waals surface area contributed by atoms with Crippen LogP contribution in [-0.4, -0.2) is 6.41 Å². The van der Waals surface area contributed by atoms with Gasteiger partial charge in [-0.1, -0.05) is 36.8 Å². The summed E-state index contributed by atoms with van der Waals surface area (Å²) in [4.78, 5) is 10.3. The minimum Gasteiger partial charge on any atom is -0.352 e. The molecular formula is C11H15NO. The van der Waals surface area contributed by atoms with Crippen LogP contribution in [0.25, 0.3) is 0 Å². The number of hydrogen-bond acceptors (Lipinski definition) is 1. The van der Waals surface area contributed by atoms with Crippen molar-refractivity contribution in [3.63, 3.8) is 0 Å². The highest BCUT2D eigenvalue weighted by Crippen LogP contribution is 2.15. The predicted octanol–water partition coefficient (Wildman–Crippen LogP) is 2.19. The lowest BCUT2D eigenvalue weighted by Gasteiger charge is -2.13. The lowest BCUT2D eigenvalue weighted by Crippen LogP contribution is -2.18. The van der Waals surface area contributed by atoms with E-state index in [4.69, 9.17) is 0 Å². The third-order valence-corrected chi connectivity index (χ3v) is 2.16. The topological polar surface area (TPSA) is 29.1 Å². The van der Waals surface area contributed by atoms with Gasteiger partial charge in [-0.05, 0) is 18.9 Å². The van der Waals surface area contributed by atoms with Crippen molar-refractivity contribution in [3.05, 3.63) is 35.4 Å². The molecule has 1 N–H and O–H groups in total. The number of carbonyl (C=O) groups excluding carboxylic acids is 1. The average molecular weight is 177 g/mol. The molecule has 2 nitrogen and oxygen atoms in total. The number of carbonyl (C=O) groups is 1. The first-order valence-electron chi connectivity index (χ1n) is 4.54. The van der Waals surface area contributed by atoms with Crippen LogP contribution >= 0.6 is 0 Å². The van der Waals surface area contributed by atoms with Crippen LogP contribution in [0.5, 0.6) is 0 Å². The Morgan fingerprint density at radius 2 is 2.00 bits per heavy atom. The highest BCUT2D eigenvalue weighted by Gasteiger charge is 2.05. The lowest BCUT2D eigenvalue weighted by atomic mass is 10.0. The molecule has 1 amide bonds. The van der Waals surface area contributed by atoms with Crippen molar-refractivity contribution in [2.45, 2.75) is 26.3 Å². The van der Waals surface area contributed by atoms with Gasteiger partial charge in [0.15, 0.2) is 0 Å². The highest BCUT2D eigenvalue weighted by molar-refractivity contribution is 5.47. The van der Waals surface area contributed by atoms with E-state index in [1.165, 1.54) is 11.1 Å². The molecule has 0 saturated carbocycles. The van der Waals surface area contributed by atoms with E-state index in [0.717, 1.165) is 12.8 Å². The highest BCUT2D eigenvalue weighted by atomic mass is 16.1. The molecule has 1 atom stereocenters.